The van der Waals surface area contributed by atoms with Crippen molar-refractivity contribution in [2.24, 2.45) is 35.5 Å². The molecule has 4 saturated carbocycles. The Morgan fingerprint density at radius 2 is 1.58 bits per heavy atom. The van der Waals surface area contributed by atoms with Crippen LogP contribution in [0.1, 0.15) is 19.3 Å². The molecule has 2 bridgehead atoms. The summed E-state index contributed by atoms with van der Waals surface area (Å²) in [6.07, 6.45) is 5.27. The number of imide groups is 1. The average molecular weight is 318 g/mol. The van der Waals surface area contributed by atoms with Crippen LogP contribution in [0.4, 0.5) is 5.69 Å². The molecule has 7 rings (SSSR count). The lowest BCUT2D eigenvalue weighted by Gasteiger charge is -2.42. The second-order valence-electron chi connectivity index (χ2n) is 7.88. The third-order valence-electron chi connectivity index (χ3n) is 7.01. The number of hydrogen-bond donors (Lipinski definition) is 0. The van der Waals surface area contributed by atoms with Gasteiger partial charge in [0, 0.05) is 11.6 Å². The molecule has 0 spiro atoms. The molecule has 4 aliphatic carbocycles. The quantitative estimate of drug-likeness (QED) is 0.760. The largest absolute Gasteiger partial charge is 0.274 e. The highest BCUT2D eigenvalue weighted by molar-refractivity contribution is 6.25. The highest BCUT2D eigenvalue weighted by Crippen LogP contribution is 2.68. The average Bonchev–Trinajstić information content (AvgIpc) is 3.39. The van der Waals surface area contributed by atoms with Crippen LogP contribution >= 0.6 is 0 Å². The van der Waals surface area contributed by atoms with Gasteiger partial charge in [-0.1, -0.05) is 6.07 Å². The van der Waals surface area contributed by atoms with Crippen molar-refractivity contribution in [3.63, 3.8) is 0 Å². The second-order valence-corrected chi connectivity index (χ2v) is 7.88. The lowest BCUT2D eigenvalue weighted by atomic mass is 9.59. The minimum absolute atomic E-state index is 0.0430. The van der Waals surface area contributed by atoms with Crippen molar-refractivity contribution in [3.8, 4) is 0 Å². The van der Waals surface area contributed by atoms with Crippen molar-refractivity contribution in [1.29, 1.82) is 0 Å². The van der Waals surface area contributed by atoms with Crippen molar-refractivity contribution in [2.45, 2.75) is 19.3 Å². The molecular weight excluding hydrogens is 300 g/mol. The highest BCUT2D eigenvalue weighted by atomic mass is 16.2. The predicted molar refractivity (Wildman–Crippen MR) is 89.0 cm³/mol. The van der Waals surface area contributed by atoms with Crippen molar-refractivity contribution < 1.29 is 9.59 Å². The van der Waals surface area contributed by atoms with Gasteiger partial charge in [-0.05, 0) is 67.2 Å². The summed E-state index contributed by atoms with van der Waals surface area (Å²) in [5, 5.41) is 0.887. The van der Waals surface area contributed by atoms with Gasteiger partial charge in [-0.2, -0.15) is 0 Å². The van der Waals surface area contributed by atoms with Crippen molar-refractivity contribution >= 4 is 28.4 Å². The van der Waals surface area contributed by atoms with E-state index in [0.29, 0.717) is 11.8 Å². The van der Waals surface area contributed by atoms with E-state index >= 15 is 0 Å². The zero-order valence-corrected chi connectivity index (χ0v) is 13.3. The molecule has 2 aromatic rings. The smallest absolute Gasteiger partial charge is 0.238 e. The SMILES string of the molecule is O=C1C2C3CCC(C4CC43)C2C(=O)N1c1cccc2ncccc12. The molecule has 5 fully saturated rings. The van der Waals surface area contributed by atoms with Crippen molar-refractivity contribution in [2.75, 3.05) is 4.90 Å². The van der Waals surface area contributed by atoms with Crippen LogP contribution in [0.15, 0.2) is 36.5 Å². The third-order valence-corrected chi connectivity index (χ3v) is 7.01. The molecule has 1 saturated heterocycles. The molecule has 1 aliphatic heterocycles. The van der Waals surface area contributed by atoms with E-state index in [4.69, 9.17) is 0 Å². The number of benzene rings is 1. The molecule has 6 unspecified atom stereocenters. The standard InChI is InChI=1S/C20H18N2O2/c23-19-17-10-6-7-11(14-9-13(10)14)18(17)20(24)22(19)16-5-1-4-15-12(16)3-2-8-21-15/h1-5,8,10-11,13-14,17-18H,6-7,9H2. The van der Waals surface area contributed by atoms with Gasteiger partial charge in [-0.25, -0.2) is 4.90 Å². The molecule has 6 atom stereocenters. The number of fused-ring (bicyclic) bond motifs is 2. The Balaban J connectivity index is 1.51. The Bertz CT molecular complexity index is 868. The van der Waals surface area contributed by atoms with Crippen LogP contribution in [0.2, 0.25) is 0 Å². The van der Waals surface area contributed by atoms with E-state index in [-0.39, 0.29) is 23.7 Å². The minimum atomic E-state index is -0.0630. The van der Waals surface area contributed by atoms with Crippen LogP contribution in [0.25, 0.3) is 10.9 Å². The summed E-state index contributed by atoms with van der Waals surface area (Å²) in [5.41, 5.74) is 1.55. The number of aromatic nitrogens is 1. The van der Waals surface area contributed by atoms with E-state index in [2.05, 4.69) is 4.98 Å². The second kappa shape index (κ2) is 4.24. The molecule has 4 heteroatoms. The van der Waals surface area contributed by atoms with E-state index < -0.39 is 0 Å². The molecule has 2 amide bonds. The summed E-state index contributed by atoms with van der Waals surface area (Å²) in [6.45, 7) is 0. The van der Waals surface area contributed by atoms with E-state index in [0.717, 1.165) is 41.3 Å². The van der Waals surface area contributed by atoms with E-state index in [1.54, 1.807) is 6.20 Å². The Hall–Kier alpha value is -2.23. The van der Waals surface area contributed by atoms with Gasteiger partial charge in [0.25, 0.3) is 0 Å². The van der Waals surface area contributed by atoms with Gasteiger partial charge < -0.3 is 0 Å². The minimum Gasteiger partial charge on any atom is -0.274 e. The highest BCUT2D eigenvalue weighted by Gasteiger charge is 2.68. The van der Waals surface area contributed by atoms with Crippen molar-refractivity contribution in [3.05, 3.63) is 36.5 Å². The Morgan fingerprint density at radius 1 is 0.875 bits per heavy atom. The first-order valence-corrected chi connectivity index (χ1v) is 8.97. The number of carbonyl (C=O) groups excluding carboxylic acids is 2. The fourth-order valence-electron chi connectivity index (χ4n) is 6.06. The molecule has 1 aromatic carbocycles. The molecule has 4 nitrogen and oxygen atoms in total. The first-order chi connectivity index (χ1) is 11.8. The Morgan fingerprint density at radius 3 is 2.29 bits per heavy atom. The van der Waals surface area contributed by atoms with Gasteiger partial charge in [-0.3, -0.25) is 14.6 Å². The fraction of sp³-hybridized carbons (Fsp3) is 0.450. The molecular formula is C20H18N2O2. The van der Waals surface area contributed by atoms with Gasteiger partial charge in [0.1, 0.15) is 0 Å². The van der Waals surface area contributed by atoms with Gasteiger partial charge in [0.2, 0.25) is 11.8 Å². The summed E-state index contributed by atoms with van der Waals surface area (Å²) < 4.78 is 0. The summed E-state index contributed by atoms with van der Waals surface area (Å²) in [5.74, 6) is 2.28. The van der Waals surface area contributed by atoms with Crippen LogP contribution in [0, 0.1) is 35.5 Å². The number of anilines is 1. The van der Waals surface area contributed by atoms with Crippen LogP contribution < -0.4 is 4.90 Å². The number of carbonyl (C=O) groups is 2. The Kier molecular flexibility index (Phi) is 2.31. The topological polar surface area (TPSA) is 50.3 Å². The Labute approximate surface area is 139 Å². The van der Waals surface area contributed by atoms with Crippen LogP contribution in [-0.2, 0) is 9.59 Å². The molecule has 0 N–H and O–H groups in total. The van der Waals surface area contributed by atoms with Gasteiger partial charge >= 0.3 is 0 Å². The van der Waals surface area contributed by atoms with Crippen LogP contribution in [0.3, 0.4) is 0 Å². The summed E-state index contributed by atoms with van der Waals surface area (Å²) in [4.78, 5) is 32.3. The van der Waals surface area contributed by atoms with E-state index in [9.17, 15) is 9.59 Å². The maximum Gasteiger partial charge on any atom is 0.238 e. The number of rotatable bonds is 1. The van der Waals surface area contributed by atoms with Crippen molar-refractivity contribution in [1.82, 2.24) is 4.98 Å². The van der Waals surface area contributed by atoms with Gasteiger partial charge in [-0.15, -0.1) is 0 Å². The lowest BCUT2D eigenvalue weighted by Crippen LogP contribution is -2.43. The molecule has 1 aromatic heterocycles. The fourth-order valence-corrected chi connectivity index (χ4v) is 6.06. The normalized spacial score (nSPS) is 39.2. The number of pyridine rings is 1. The molecule has 24 heavy (non-hydrogen) atoms. The monoisotopic (exact) mass is 318 g/mol. The zero-order chi connectivity index (χ0) is 16.0. The number of amides is 2. The van der Waals surface area contributed by atoms with Crippen LogP contribution in [-0.4, -0.2) is 16.8 Å². The van der Waals surface area contributed by atoms with Crippen LogP contribution in [0.5, 0.6) is 0 Å². The molecule has 2 heterocycles. The molecule has 5 aliphatic rings. The first kappa shape index (κ1) is 13.1. The first-order valence-electron chi connectivity index (χ1n) is 8.97. The molecule has 0 radical (unpaired) electrons. The zero-order valence-electron chi connectivity index (χ0n) is 13.3. The van der Waals surface area contributed by atoms with E-state index in [1.165, 1.54) is 11.3 Å². The third kappa shape index (κ3) is 1.43. The van der Waals surface area contributed by atoms with E-state index in [1.807, 2.05) is 30.3 Å². The maximum atomic E-state index is 13.2. The summed E-state index contributed by atoms with van der Waals surface area (Å²) in [6, 6.07) is 9.52. The van der Waals surface area contributed by atoms with Gasteiger partial charge in [0.05, 0.1) is 23.0 Å². The maximum absolute atomic E-state index is 13.2. The van der Waals surface area contributed by atoms with Gasteiger partial charge in [0.15, 0.2) is 0 Å². The summed E-state index contributed by atoms with van der Waals surface area (Å²) in [7, 11) is 0. The number of nitrogens with zero attached hydrogens (tertiary/aromatic N) is 2. The summed E-state index contributed by atoms with van der Waals surface area (Å²) >= 11 is 0. The lowest BCUT2D eigenvalue weighted by molar-refractivity contribution is -0.129. The number of hydrogen-bond acceptors (Lipinski definition) is 3. The molecule has 120 valence electrons. The predicted octanol–water partition coefficient (Wildman–Crippen LogP) is 3.02.